The largest absolute Gasteiger partial charge is 0.327 e. The summed E-state index contributed by atoms with van der Waals surface area (Å²) in [6, 6.07) is 9.69. The summed E-state index contributed by atoms with van der Waals surface area (Å²) in [5.41, 5.74) is 4.23. The van der Waals surface area contributed by atoms with Crippen LogP contribution in [0.2, 0.25) is 10.0 Å². The lowest BCUT2D eigenvalue weighted by Gasteiger charge is -2.29. The maximum absolute atomic E-state index is 13.0. The highest BCUT2D eigenvalue weighted by Crippen LogP contribution is 2.33. The summed E-state index contributed by atoms with van der Waals surface area (Å²) in [5, 5.41) is 9.18. The van der Waals surface area contributed by atoms with E-state index < -0.39 is 12.1 Å². The second-order valence-electron chi connectivity index (χ2n) is 6.57. The third kappa shape index (κ3) is 4.26. The van der Waals surface area contributed by atoms with E-state index in [1.165, 1.54) is 0 Å². The highest BCUT2D eigenvalue weighted by molar-refractivity contribution is 6.35. The Morgan fingerprint density at radius 1 is 1.04 bits per heavy atom. The van der Waals surface area contributed by atoms with Crippen molar-refractivity contribution in [2.75, 3.05) is 5.32 Å². The molecule has 140 valence electrons. The molecule has 3 rings (SSSR count). The van der Waals surface area contributed by atoms with Crippen LogP contribution in [0.3, 0.4) is 0 Å². The van der Waals surface area contributed by atoms with E-state index in [4.69, 9.17) is 23.2 Å². The first-order valence-electron chi connectivity index (χ1n) is 8.37. The van der Waals surface area contributed by atoms with Crippen molar-refractivity contribution < 1.29 is 9.59 Å². The zero-order valence-electron chi connectivity index (χ0n) is 15.1. The van der Waals surface area contributed by atoms with Gasteiger partial charge in [0.25, 0.3) is 5.91 Å². The number of hydrogen-bond donors (Lipinski definition) is 3. The molecule has 1 atom stereocenters. The van der Waals surface area contributed by atoms with E-state index in [1.54, 1.807) is 25.1 Å². The molecule has 0 aromatic heterocycles. The van der Waals surface area contributed by atoms with Gasteiger partial charge in [-0.05, 0) is 61.7 Å². The average Bonchev–Trinajstić information content (AvgIpc) is 2.52. The third-order valence-electron chi connectivity index (χ3n) is 4.27. The number of hydrogen-bond acceptors (Lipinski definition) is 2. The van der Waals surface area contributed by atoms with Gasteiger partial charge in [-0.15, -0.1) is 0 Å². The Bertz CT molecular complexity index is 949. The molecule has 1 aliphatic heterocycles. The molecule has 27 heavy (non-hydrogen) atoms. The number of allylic oxidation sites excluding steroid dienone is 1. The van der Waals surface area contributed by atoms with Crippen molar-refractivity contribution in [3.05, 3.63) is 74.4 Å². The van der Waals surface area contributed by atoms with Crippen LogP contribution in [0.25, 0.3) is 0 Å². The highest BCUT2D eigenvalue weighted by atomic mass is 35.5. The van der Waals surface area contributed by atoms with E-state index in [9.17, 15) is 9.59 Å². The predicted molar refractivity (Wildman–Crippen MR) is 108 cm³/mol. The number of urea groups is 1. The first-order chi connectivity index (χ1) is 12.7. The fourth-order valence-electron chi connectivity index (χ4n) is 3.21. The molecule has 0 unspecified atom stereocenters. The molecule has 0 spiro atoms. The van der Waals surface area contributed by atoms with Crippen LogP contribution in [-0.4, -0.2) is 11.9 Å². The van der Waals surface area contributed by atoms with Crippen molar-refractivity contribution in [1.29, 1.82) is 0 Å². The average molecular weight is 404 g/mol. The number of amides is 3. The summed E-state index contributed by atoms with van der Waals surface area (Å²) in [5.74, 6) is -0.319. The Labute approximate surface area is 167 Å². The van der Waals surface area contributed by atoms with Gasteiger partial charge >= 0.3 is 6.03 Å². The molecule has 2 aromatic carbocycles. The van der Waals surface area contributed by atoms with Crippen LogP contribution in [0.15, 0.2) is 47.7 Å². The molecule has 2 aromatic rings. The second kappa shape index (κ2) is 7.62. The van der Waals surface area contributed by atoms with Gasteiger partial charge in [0.2, 0.25) is 0 Å². The van der Waals surface area contributed by atoms with Crippen molar-refractivity contribution >= 4 is 40.8 Å². The van der Waals surface area contributed by atoms with Gasteiger partial charge in [0.1, 0.15) is 0 Å². The van der Waals surface area contributed by atoms with Crippen molar-refractivity contribution in [2.45, 2.75) is 26.8 Å². The van der Waals surface area contributed by atoms with Gasteiger partial charge < -0.3 is 16.0 Å². The quantitative estimate of drug-likeness (QED) is 0.683. The number of carbonyl (C=O) groups excluding carboxylic acids is 2. The molecule has 3 N–H and O–H groups in total. The Hall–Kier alpha value is -2.50. The Balaban J connectivity index is 1.99. The van der Waals surface area contributed by atoms with Gasteiger partial charge in [0.05, 0.1) is 11.6 Å². The molecule has 1 aliphatic rings. The molecular formula is C20H19Cl2N3O2. The molecule has 3 amide bonds. The number of carbonyl (C=O) groups is 2. The number of anilines is 1. The van der Waals surface area contributed by atoms with Gasteiger partial charge in [0, 0.05) is 21.4 Å². The monoisotopic (exact) mass is 403 g/mol. The normalized spacial score (nSPS) is 16.6. The van der Waals surface area contributed by atoms with Crippen LogP contribution in [0.4, 0.5) is 10.5 Å². The Morgan fingerprint density at radius 2 is 1.70 bits per heavy atom. The molecule has 0 saturated carbocycles. The van der Waals surface area contributed by atoms with E-state index in [1.807, 2.05) is 32.0 Å². The zero-order chi connectivity index (χ0) is 19.7. The summed E-state index contributed by atoms with van der Waals surface area (Å²) >= 11 is 12.3. The summed E-state index contributed by atoms with van der Waals surface area (Å²) in [6.07, 6.45) is 0. The van der Waals surface area contributed by atoms with E-state index in [0.717, 1.165) is 11.1 Å². The van der Waals surface area contributed by atoms with Crippen LogP contribution >= 0.6 is 23.2 Å². The first kappa shape index (κ1) is 19.3. The predicted octanol–water partition coefficient (Wildman–Crippen LogP) is 4.88. The van der Waals surface area contributed by atoms with Crippen LogP contribution < -0.4 is 16.0 Å². The maximum Gasteiger partial charge on any atom is 0.319 e. The van der Waals surface area contributed by atoms with Gasteiger partial charge in [-0.25, -0.2) is 4.79 Å². The van der Waals surface area contributed by atoms with Gasteiger partial charge in [-0.1, -0.05) is 35.3 Å². The number of rotatable bonds is 3. The second-order valence-corrected chi connectivity index (χ2v) is 7.41. The standard InChI is InChI=1S/C20H19Cl2N3O2/c1-10-6-11(2)8-14(7-10)24-19(26)17-12(3)23-20(27)25-18(17)15-5-4-13(21)9-16(15)22/h4-9,18H,1-3H3,(H,24,26)(H2,23,25,27)/t18-/m1/s1. The number of nitrogens with one attached hydrogen (secondary N) is 3. The lowest BCUT2D eigenvalue weighted by molar-refractivity contribution is -0.113. The van der Waals surface area contributed by atoms with Gasteiger partial charge in [-0.2, -0.15) is 0 Å². The van der Waals surface area contributed by atoms with E-state index >= 15 is 0 Å². The molecule has 0 fully saturated rings. The van der Waals surface area contributed by atoms with Crippen LogP contribution in [0, 0.1) is 13.8 Å². The van der Waals surface area contributed by atoms with Crippen LogP contribution in [0.1, 0.15) is 29.7 Å². The third-order valence-corrected chi connectivity index (χ3v) is 4.83. The minimum atomic E-state index is -0.686. The highest BCUT2D eigenvalue weighted by Gasteiger charge is 2.32. The SMILES string of the molecule is CC1=C(C(=O)Nc2cc(C)cc(C)c2)[C@@H](c2ccc(Cl)cc2Cl)NC(=O)N1. The summed E-state index contributed by atoms with van der Waals surface area (Å²) in [4.78, 5) is 25.0. The van der Waals surface area contributed by atoms with E-state index in [-0.39, 0.29) is 5.91 Å². The number of aryl methyl sites for hydroxylation is 2. The molecular weight excluding hydrogens is 385 g/mol. The molecule has 0 saturated heterocycles. The van der Waals surface area contributed by atoms with E-state index in [2.05, 4.69) is 16.0 Å². The first-order valence-corrected chi connectivity index (χ1v) is 9.13. The molecule has 0 aliphatic carbocycles. The van der Waals surface area contributed by atoms with Crippen molar-refractivity contribution in [3.63, 3.8) is 0 Å². The topological polar surface area (TPSA) is 70.2 Å². The van der Waals surface area contributed by atoms with Crippen molar-refractivity contribution in [3.8, 4) is 0 Å². The summed E-state index contributed by atoms with van der Waals surface area (Å²) in [7, 11) is 0. The zero-order valence-corrected chi connectivity index (χ0v) is 16.6. The lowest BCUT2D eigenvalue weighted by Crippen LogP contribution is -2.46. The molecule has 1 heterocycles. The van der Waals surface area contributed by atoms with Gasteiger partial charge in [-0.3, -0.25) is 4.79 Å². The Kier molecular flexibility index (Phi) is 5.44. The summed E-state index contributed by atoms with van der Waals surface area (Å²) < 4.78 is 0. The smallest absolute Gasteiger partial charge is 0.319 e. The number of halogens is 2. The molecule has 7 heteroatoms. The maximum atomic E-state index is 13.0. The van der Waals surface area contributed by atoms with Crippen LogP contribution in [-0.2, 0) is 4.79 Å². The Morgan fingerprint density at radius 3 is 2.33 bits per heavy atom. The molecule has 0 radical (unpaired) electrons. The molecule has 5 nitrogen and oxygen atoms in total. The fraction of sp³-hybridized carbons (Fsp3) is 0.200. The van der Waals surface area contributed by atoms with Gasteiger partial charge in [0.15, 0.2) is 0 Å². The fourth-order valence-corrected chi connectivity index (χ4v) is 3.73. The summed E-state index contributed by atoms with van der Waals surface area (Å²) in [6.45, 7) is 5.61. The van der Waals surface area contributed by atoms with Crippen molar-refractivity contribution in [2.24, 2.45) is 0 Å². The van der Waals surface area contributed by atoms with Crippen molar-refractivity contribution in [1.82, 2.24) is 10.6 Å². The van der Waals surface area contributed by atoms with Crippen LogP contribution in [0.5, 0.6) is 0 Å². The number of benzene rings is 2. The minimum absolute atomic E-state index is 0.319. The minimum Gasteiger partial charge on any atom is -0.327 e. The van der Waals surface area contributed by atoms with E-state index in [0.29, 0.717) is 32.6 Å². The molecule has 0 bridgehead atoms. The lowest BCUT2D eigenvalue weighted by atomic mass is 9.94.